The summed E-state index contributed by atoms with van der Waals surface area (Å²) >= 11 is 0. The molecule has 1 aliphatic rings. The number of benzene rings is 1. The normalized spacial score (nSPS) is 16.9. The molecule has 22 heavy (non-hydrogen) atoms. The number of sulfonamides is 1. The molecular formula is C13H12N4O4S. The van der Waals surface area contributed by atoms with Gasteiger partial charge in [0.2, 0.25) is 10.0 Å². The number of aromatic nitrogens is 3. The van der Waals surface area contributed by atoms with Gasteiger partial charge in [-0.25, -0.2) is 13.2 Å². The van der Waals surface area contributed by atoms with Crippen LogP contribution in [0.1, 0.15) is 6.04 Å². The summed E-state index contributed by atoms with van der Waals surface area (Å²) in [5.41, 5.74) is 0.706. The molecule has 0 saturated carbocycles. The molecule has 0 aliphatic carbocycles. The smallest absolute Gasteiger partial charge is 0.408 e. The first-order valence-corrected chi connectivity index (χ1v) is 8.10. The van der Waals surface area contributed by atoms with Gasteiger partial charge in [-0.2, -0.15) is 9.40 Å². The zero-order valence-electron chi connectivity index (χ0n) is 11.3. The van der Waals surface area contributed by atoms with E-state index in [1.165, 1.54) is 22.5 Å². The zero-order chi connectivity index (χ0) is 15.3. The molecule has 4 rings (SSSR count). The van der Waals surface area contributed by atoms with Crippen LogP contribution in [0.15, 0.2) is 50.8 Å². The van der Waals surface area contributed by atoms with E-state index in [4.69, 9.17) is 4.42 Å². The molecular weight excluding hydrogens is 308 g/mol. The number of fused-ring (bicyclic) bond motifs is 1. The van der Waals surface area contributed by atoms with Crippen LogP contribution in [0.5, 0.6) is 0 Å². The summed E-state index contributed by atoms with van der Waals surface area (Å²) in [6.45, 7) is 0.758. The van der Waals surface area contributed by atoms with Gasteiger partial charge in [0.25, 0.3) is 0 Å². The molecule has 1 saturated heterocycles. The average Bonchev–Trinajstić information content (AvgIpc) is 3.03. The van der Waals surface area contributed by atoms with E-state index in [0.29, 0.717) is 24.2 Å². The lowest BCUT2D eigenvalue weighted by molar-refractivity contribution is 0.191. The van der Waals surface area contributed by atoms with Gasteiger partial charge in [0.1, 0.15) is 0 Å². The van der Waals surface area contributed by atoms with Gasteiger partial charge < -0.3 is 4.42 Å². The van der Waals surface area contributed by atoms with Gasteiger partial charge in [0.05, 0.1) is 16.5 Å². The van der Waals surface area contributed by atoms with E-state index in [0.717, 1.165) is 0 Å². The second-order valence-electron chi connectivity index (χ2n) is 5.13. The number of rotatable bonds is 3. The third-order valence-electron chi connectivity index (χ3n) is 3.76. The quantitative estimate of drug-likeness (QED) is 0.760. The molecule has 0 radical (unpaired) electrons. The van der Waals surface area contributed by atoms with Gasteiger partial charge in [-0.15, -0.1) is 0 Å². The van der Waals surface area contributed by atoms with Crippen molar-refractivity contribution in [3.05, 3.63) is 47.2 Å². The van der Waals surface area contributed by atoms with Crippen molar-refractivity contribution in [3.63, 3.8) is 0 Å². The number of H-pyrrole nitrogens is 1. The lowest BCUT2D eigenvalue weighted by Crippen LogP contribution is -2.50. The first-order chi connectivity index (χ1) is 10.5. The molecule has 8 nitrogen and oxygen atoms in total. The number of nitrogens with one attached hydrogen (secondary N) is 1. The predicted octanol–water partition coefficient (Wildman–Crippen LogP) is 0.563. The van der Waals surface area contributed by atoms with Gasteiger partial charge >= 0.3 is 5.76 Å². The van der Waals surface area contributed by atoms with Gasteiger partial charge in [-0.3, -0.25) is 9.67 Å². The zero-order valence-corrected chi connectivity index (χ0v) is 12.2. The van der Waals surface area contributed by atoms with Crippen molar-refractivity contribution in [3.8, 4) is 0 Å². The maximum absolute atomic E-state index is 12.6. The Bertz CT molecular complexity index is 981. The molecule has 1 N–H and O–H groups in total. The molecule has 1 fully saturated rings. The number of hydrogen-bond acceptors (Lipinski definition) is 5. The number of hydrogen-bond donors (Lipinski definition) is 1. The highest BCUT2D eigenvalue weighted by Crippen LogP contribution is 2.28. The topological polar surface area (TPSA) is 101 Å². The summed E-state index contributed by atoms with van der Waals surface area (Å²) in [5.74, 6) is -0.604. The molecule has 9 heteroatoms. The lowest BCUT2D eigenvalue weighted by Gasteiger charge is -2.37. The van der Waals surface area contributed by atoms with Crippen LogP contribution in [0.2, 0.25) is 0 Å². The highest BCUT2D eigenvalue weighted by Gasteiger charge is 2.38. The van der Waals surface area contributed by atoms with Crippen LogP contribution in [-0.2, 0) is 10.0 Å². The van der Waals surface area contributed by atoms with E-state index in [1.807, 2.05) is 6.20 Å². The monoisotopic (exact) mass is 320 g/mol. The Balaban J connectivity index is 1.61. The third kappa shape index (κ3) is 1.97. The van der Waals surface area contributed by atoms with Gasteiger partial charge in [0.15, 0.2) is 5.58 Å². The van der Waals surface area contributed by atoms with Crippen molar-refractivity contribution in [1.29, 1.82) is 0 Å². The van der Waals surface area contributed by atoms with E-state index in [1.54, 1.807) is 16.9 Å². The molecule has 3 heterocycles. The molecule has 1 aromatic carbocycles. The summed E-state index contributed by atoms with van der Waals surface area (Å²) in [7, 11) is -3.58. The molecule has 2 aromatic heterocycles. The Morgan fingerprint density at radius 1 is 1.32 bits per heavy atom. The molecule has 0 unspecified atom stereocenters. The van der Waals surface area contributed by atoms with E-state index in [9.17, 15) is 13.2 Å². The molecule has 1 aliphatic heterocycles. The second kappa shape index (κ2) is 4.55. The molecule has 0 atom stereocenters. The van der Waals surface area contributed by atoms with Crippen LogP contribution < -0.4 is 5.76 Å². The summed E-state index contributed by atoms with van der Waals surface area (Å²) in [6.07, 6.45) is 3.48. The minimum Gasteiger partial charge on any atom is -0.408 e. The molecule has 0 spiro atoms. The van der Waals surface area contributed by atoms with Crippen LogP contribution in [0.25, 0.3) is 11.1 Å². The van der Waals surface area contributed by atoms with Crippen LogP contribution in [0.4, 0.5) is 0 Å². The van der Waals surface area contributed by atoms with Crippen LogP contribution in [0, 0.1) is 0 Å². The van der Waals surface area contributed by atoms with E-state index < -0.39 is 15.8 Å². The van der Waals surface area contributed by atoms with Crippen molar-refractivity contribution in [2.45, 2.75) is 10.9 Å². The van der Waals surface area contributed by atoms with Crippen LogP contribution >= 0.6 is 0 Å². The first-order valence-electron chi connectivity index (χ1n) is 6.66. The Hall–Kier alpha value is -2.39. The minimum absolute atomic E-state index is 0.0576. The maximum atomic E-state index is 12.6. The summed E-state index contributed by atoms with van der Waals surface area (Å²) in [6, 6.07) is 6.19. The van der Waals surface area contributed by atoms with Crippen molar-refractivity contribution in [1.82, 2.24) is 19.1 Å². The molecule has 114 valence electrons. The number of aromatic amines is 1. The molecule has 0 bridgehead atoms. The SMILES string of the molecule is O=c1[nH]c2cc(S(=O)(=O)N3CC(n4cccn4)C3)ccc2o1. The number of oxazole rings is 1. The van der Waals surface area contributed by atoms with Crippen LogP contribution in [-0.4, -0.2) is 40.6 Å². The third-order valence-corrected chi connectivity index (χ3v) is 5.58. The van der Waals surface area contributed by atoms with Crippen molar-refractivity contribution < 1.29 is 12.8 Å². The van der Waals surface area contributed by atoms with Gasteiger partial charge in [-0.05, 0) is 24.3 Å². The maximum Gasteiger partial charge on any atom is 0.417 e. The van der Waals surface area contributed by atoms with Crippen molar-refractivity contribution >= 4 is 21.1 Å². The summed E-state index contributed by atoms with van der Waals surface area (Å²) in [5, 5.41) is 4.11. The molecule has 3 aromatic rings. The Labute approximate surface area is 125 Å². The minimum atomic E-state index is -3.58. The Morgan fingerprint density at radius 3 is 2.86 bits per heavy atom. The van der Waals surface area contributed by atoms with E-state index in [-0.39, 0.29) is 10.9 Å². The highest BCUT2D eigenvalue weighted by molar-refractivity contribution is 7.89. The predicted molar refractivity (Wildman–Crippen MR) is 76.9 cm³/mol. The fourth-order valence-corrected chi connectivity index (χ4v) is 4.06. The lowest BCUT2D eigenvalue weighted by atomic mass is 10.2. The van der Waals surface area contributed by atoms with Crippen LogP contribution in [0.3, 0.4) is 0 Å². The van der Waals surface area contributed by atoms with E-state index >= 15 is 0 Å². The fraction of sp³-hybridized carbons (Fsp3) is 0.231. The summed E-state index contributed by atoms with van der Waals surface area (Å²) < 4.78 is 33.1. The van der Waals surface area contributed by atoms with Gasteiger partial charge in [-0.1, -0.05) is 0 Å². The fourth-order valence-electron chi connectivity index (χ4n) is 2.52. The standard InChI is InChI=1S/C13H12N4O4S/c18-13-15-11-6-10(2-3-12(11)21-13)22(19,20)16-7-9(8-16)17-5-1-4-14-17/h1-6,9H,7-8H2,(H,15,18). The van der Waals surface area contributed by atoms with Crippen molar-refractivity contribution in [2.75, 3.05) is 13.1 Å². The van der Waals surface area contributed by atoms with E-state index in [2.05, 4.69) is 10.1 Å². The van der Waals surface area contributed by atoms with Gasteiger partial charge in [0, 0.05) is 25.5 Å². The van der Waals surface area contributed by atoms with Crippen molar-refractivity contribution in [2.24, 2.45) is 0 Å². The summed E-state index contributed by atoms with van der Waals surface area (Å²) in [4.78, 5) is 13.7. The highest BCUT2D eigenvalue weighted by atomic mass is 32.2. The largest absolute Gasteiger partial charge is 0.417 e. The first kappa shape index (κ1) is 13.3. The number of nitrogens with zero attached hydrogens (tertiary/aromatic N) is 3. The Kier molecular flexibility index (Phi) is 2.75. The second-order valence-corrected chi connectivity index (χ2v) is 7.07. The average molecular weight is 320 g/mol. The molecule has 0 amide bonds. The Morgan fingerprint density at radius 2 is 2.14 bits per heavy atom.